The Kier molecular flexibility index (Phi) is 6.99. The van der Waals surface area contributed by atoms with Gasteiger partial charge in [0.05, 0.1) is 5.54 Å². The summed E-state index contributed by atoms with van der Waals surface area (Å²) in [5, 5.41) is 9.10. The number of nitrogens with one attached hydrogen (secondary N) is 3. The van der Waals surface area contributed by atoms with Gasteiger partial charge in [0.1, 0.15) is 0 Å². The highest BCUT2D eigenvalue weighted by molar-refractivity contribution is 5.87. The standard InChI is InChI=1S/C15H29N3O2/c1-4-7-15(8-5-9-18-15)14(20)16-10-6-13(19)17-11-12(2)3/h12,18H,4-11H2,1-3H3,(H,16,20)(H,17,19). The van der Waals surface area contributed by atoms with Crippen LogP contribution in [-0.4, -0.2) is 37.0 Å². The largest absolute Gasteiger partial charge is 0.356 e. The maximum Gasteiger partial charge on any atom is 0.240 e. The summed E-state index contributed by atoms with van der Waals surface area (Å²) in [6.07, 6.45) is 4.13. The van der Waals surface area contributed by atoms with E-state index in [0.29, 0.717) is 25.4 Å². The smallest absolute Gasteiger partial charge is 0.240 e. The normalized spacial score (nSPS) is 22.0. The molecule has 0 bridgehead atoms. The van der Waals surface area contributed by atoms with E-state index in [0.717, 1.165) is 32.2 Å². The Labute approximate surface area is 122 Å². The molecule has 0 radical (unpaired) electrons. The molecule has 0 spiro atoms. The average Bonchev–Trinajstić information content (AvgIpc) is 2.86. The Bertz CT molecular complexity index is 323. The zero-order chi connectivity index (χ0) is 15.0. The second-order valence-electron chi connectivity index (χ2n) is 6.07. The third-order valence-electron chi connectivity index (χ3n) is 3.70. The predicted octanol–water partition coefficient (Wildman–Crippen LogP) is 1.19. The topological polar surface area (TPSA) is 70.2 Å². The molecule has 3 N–H and O–H groups in total. The predicted molar refractivity (Wildman–Crippen MR) is 80.4 cm³/mol. The summed E-state index contributed by atoms with van der Waals surface area (Å²) in [5.41, 5.74) is -0.400. The highest BCUT2D eigenvalue weighted by Gasteiger charge is 2.39. The van der Waals surface area contributed by atoms with E-state index in [1.54, 1.807) is 0 Å². The molecule has 0 aromatic rings. The molecule has 1 rings (SSSR count). The molecule has 0 aromatic carbocycles. The lowest BCUT2D eigenvalue weighted by Gasteiger charge is -2.27. The van der Waals surface area contributed by atoms with Crippen molar-refractivity contribution in [2.45, 2.75) is 58.4 Å². The number of carbonyl (C=O) groups is 2. The van der Waals surface area contributed by atoms with E-state index in [4.69, 9.17) is 0 Å². The number of carbonyl (C=O) groups excluding carboxylic acids is 2. The lowest BCUT2D eigenvalue weighted by Crippen LogP contribution is -2.53. The molecule has 2 amide bonds. The van der Waals surface area contributed by atoms with E-state index < -0.39 is 5.54 Å². The van der Waals surface area contributed by atoms with Crippen LogP contribution in [0.2, 0.25) is 0 Å². The third-order valence-corrected chi connectivity index (χ3v) is 3.70. The van der Waals surface area contributed by atoms with Crippen LogP contribution in [0.25, 0.3) is 0 Å². The van der Waals surface area contributed by atoms with Gasteiger partial charge in [0, 0.05) is 19.5 Å². The summed E-state index contributed by atoms with van der Waals surface area (Å²) in [5.74, 6) is 0.500. The van der Waals surface area contributed by atoms with Crippen LogP contribution in [0.1, 0.15) is 52.9 Å². The van der Waals surface area contributed by atoms with Crippen LogP contribution in [0.5, 0.6) is 0 Å². The van der Waals surface area contributed by atoms with Crippen LogP contribution in [-0.2, 0) is 9.59 Å². The van der Waals surface area contributed by atoms with E-state index >= 15 is 0 Å². The second kappa shape index (κ2) is 8.25. The first-order chi connectivity index (χ1) is 9.50. The van der Waals surface area contributed by atoms with Gasteiger partial charge in [-0.2, -0.15) is 0 Å². The zero-order valence-electron chi connectivity index (χ0n) is 13.1. The molecular weight excluding hydrogens is 254 g/mol. The lowest BCUT2D eigenvalue weighted by atomic mass is 9.91. The van der Waals surface area contributed by atoms with Crippen LogP contribution in [0.3, 0.4) is 0 Å². The molecule has 1 aliphatic heterocycles. The summed E-state index contributed by atoms with van der Waals surface area (Å²) >= 11 is 0. The zero-order valence-corrected chi connectivity index (χ0v) is 13.1. The Morgan fingerprint density at radius 3 is 2.60 bits per heavy atom. The van der Waals surface area contributed by atoms with Crippen molar-refractivity contribution in [2.75, 3.05) is 19.6 Å². The molecule has 1 unspecified atom stereocenters. The first kappa shape index (κ1) is 17.0. The molecule has 20 heavy (non-hydrogen) atoms. The van der Waals surface area contributed by atoms with Gasteiger partial charge in [0.25, 0.3) is 0 Å². The van der Waals surface area contributed by atoms with Crippen LogP contribution >= 0.6 is 0 Å². The fourth-order valence-electron chi connectivity index (χ4n) is 2.62. The van der Waals surface area contributed by atoms with Crippen molar-refractivity contribution in [2.24, 2.45) is 5.92 Å². The van der Waals surface area contributed by atoms with Crippen molar-refractivity contribution in [3.05, 3.63) is 0 Å². The van der Waals surface area contributed by atoms with Gasteiger partial charge in [-0.25, -0.2) is 0 Å². The van der Waals surface area contributed by atoms with Crippen molar-refractivity contribution >= 4 is 11.8 Å². The molecule has 0 saturated carbocycles. The molecule has 1 heterocycles. The van der Waals surface area contributed by atoms with E-state index in [9.17, 15) is 9.59 Å². The van der Waals surface area contributed by atoms with Crippen molar-refractivity contribution in [1.29, 1.82) is 0 Å². The van der Waals surface area contributed by atoms with Crippen LogP contribution < -0.4 is 16.0 Å². The van der Waals surface area contributed by atoms with Crippen molar-refractivity contribution < 1.29 is 9.59 Å². The first-order valence-corrected chi connectivity index (χ1v) is 7.80. The fraction of sp³-hybridized carbons (Fsp3) is 0.867. The van der Waals surface area contributed by atoms with Crippen molar-refractivity contribution in [3.8, 4) is 0 Å². The molecule has 1 fully saturated rings. The van der Waals surface area contributed by atoms with Crippen molar-refractivity contribution in [1.82, 2.24) is 16.0 Å². The third kappa shape index (κ3) is 5.12. The number of hydrogen-bond acceptors (Lipinski definition) is 3. The molecular formula is C15H29N3O2. The fourth-order valence-corrected chi connectivity index (χ4v) is 2.62. The van der Waals surface area contributed by atoms with E-state index in [1.807, 2.05) is 0 Å². The highest BCUT2D eigenvalue weighted by Crippen LogP contribution is 2.24. The lowest BCUT2D eigenvalue weighted by molar-refractivity contribution is -0.127. The highest BCUT2D eigenvalue weighted by atomic mass is 16.2. The molecule has 116 valence electrons. The van der Waals surface area contributed by atoms with Gasteiger partial charge in [-0.05, 0) is 31.7 Å². The van der Waals surface area contributed by atoms with Gasteiger partial charge in [-0.3, -0.25) is 9.59 Å². The van der Waals surface area contributed by atoms with Crippen molar-refractivity contribution in [3.63, 3.8) is 0 Å². The molecule has 1 saturated heterocycles. The SMILES string of the molecule is CCCC1(C(=O)NCCC(=O)NCC(C)C)CCCN1. The molecule has 5 heteroatoms. The minimum Gasteiger partial charge on any atom is -0.356 e. The minimum atomic E-state index is -0.400. The Morgan fingerprint density at radius 2 is 2.05 bits per heavy atom. The maximum atomic E-state index is 12.3. The van der Waals surface area contributed by atoms with Gasteiger partial charge in [0.2, 0.25) is 11.8 Å². The molecule has 1 aliphatic rings. The van der Waals surface area contributed by atoms with Crippen LogP contribution in [0, 0.1) is 5.92 Å². The van der Waals surface area contributed by atoms with Gasteiger partial charge >= 0.3 is 0 Å². The first-order valence-electron chi connectivity index (χ1n) is 7.80. The molecule has 0 aromatic heterocycles. The van der Waals surface area contributed by atoms with Gasteiger partial charge in [0.15, 0.2) is 0 Å². The summed E-state index contributed by atoms with van der Waals surface area (Å²) < 4.78 is 0. The quantitative estimate of drug-likeness (QED) is 0.626. The van der Waals surface area contributed by atoms with Gasteiger partial charge in [-0.1, -0.05) is 27.2 Å². The summed E-state index contributed by atoms with van der Waals surface area (Å²) in [6.45, 7) is 8.21. The summed E-state index contributed by atoms with van der Waals surface area (Å²) in [6, 6.07) is 0. The summed E-state index contributed by atoms with van der Waals surface area (Å²) in [7, 11) is 0. The van der Waals surface area contributed by atoms with E-state index in [-0.39, 0.29) is 11.8 Å². The monoisotopic (exact) mass is 283 g/mol. The number of amides is 2. The van der Waals surface area contributed by atoms with Crippen LogP contribution in [0.4, 0.5) is 0 Å². The van der Waals surface area contributed by atoms with E-state index in [2.05, 4.69) is 36.7 Å². The molecule has 0 aliphatic carbocycles. The Morgan fingerprint density at radius 1 is 1.30 bits per heavy atom. The number of hydrogen-bond donors (Lipinski definition) is 3. The van der Waals surface area contributed by atoms with Gasteiger partial charge < -0.3 is 16.0 Å². The Balaban J connectivity index is 2.29. The number of rotatable bonds is 8. The van der Waals surface area contributed by atoms with Gasteiger partial charge in [-0.15, -0.1) is 0 Å². The second-order valence-corrected chi connectivity index (χ2v) is 6.07. The Hall–Kier alpha value is -1.10. The summed E-state index contributed by atoms with van der Waals surface area (Å²) in [4.78, 5) is 23.9. The maximum absolute atomic E-state index is 12.3. The molecule has 5 nitrogen and oxygen atoms in total. The van der Waals surface area contributed by atoms with E-state index in [1.165, 1.54) is 0 Å². The van der Waals surface area contributed by atoms with Crippen LogP contribution in [0.15, 0.2) is 0 Å². The minimum absolute atomic E-state index is 0.00271. The molecule has 1 atom stereocenters. The average molecular weight is 283 g/mol.